The van der Waals surface area contributed by atoms with Crippen LogP contribution in [0.3, 0.4) is 0 Å². The second kappa shape index (κ2) is 9.85. The Balaban J connectivity index is 1.27. The molecule has 1 aliphatic rings. The third-order valence-electron chi connectivity index (χ3n) is 6.27. The molecular formula is C27H25N3O4S2. The summed E-state index contributed by atoms with van der Waals surface area (Å²) < 4.78 is 33.2. The third-order valence-corrected chi connectivity index (χ3v) is 8.88. The molecule has 0 saturated heterocycles. The molecule has 1 aliphatic heterocycles. The summed E-state index contributed by atoms with van der Waals surface area (Å²) in [6.45, 7) is 2.74. The van der Waals surface area contributed by atoms with Crippen LogP contribution < -0.4 is 10.1 Å². The number of thiazole rings is 1. The van der Waals surface area contributed by atoms with Crippen LogP contribution in [0.4, 0.5) is 5.13 Å². The van der Waals surface area contributed by atoms with Gasteiger partial charge in [-0.15, -0.1) is 11.3 Å². The predicted octanol–water partition coefficient (Wildman–Crippen LogP) is 5.13. The lowest BCUT2D eigenvalue weighted by molar-refractivity contribution is 0.102. The smallest absolute Gasteiger partial charge is 0.257 e. The number of nitrogens with zero attached hydrogens (tertiary/aromatic N) is 2. The zero-order valence-corrected chi connectivity index (χ0v) is 21.5. The van der Waals surface area contributed by atoms with Gasteiger partial charge in [-0.1, -0.05) is 24.3 Å². The molecule has 0 spiro atoms. The molecule has 5 rings (SSSR count). The molecule has 9 heteroatoms. The average molecular weight is 520 g/mol. The van der Waals surface area contributed by atoms with E-state index < -0.39 is 10.0 Å². The van der Waals surface area contributed by atoms with E-state index in [9.17, 15) is 13.2 Å². The first kappa shape index (κ1) is 24.2. The molecule has 184 valence electrons. The molecule has 0 fully saturated rings. The van der Waals surface area contributed by atoms with Crippen molar-refractivity contribution in [3.8, 4) is 17.0 Å². The van der Waals surface area contributed by atoms with Crippen molar-refractivity contribution >= 4 is 32.4 Å². The molecule has 0 unspecified atom stereocenters. The number of anilines is 1. The van der Waals surface area contributed by atoms with E-state index >= 15 is 0 Å². The number of ether oxygens (including phenoxy) is 1. The number of sulfonamides is 1. The van der Waals surface area contributed by atoms with Crippen molar-refractivity contribution in [1.29, 1.82) is 0 Å². The molecule has 1 aromatic heterocycles. The zero-order chi connectivity index (χ0) is 25.3. The van der Waals surface area contributed by atoms with Crippen LogP contribution in [0.25, 0.3) is 11.3 Å². The molecule has 0 bridgehead atoms. The third kappa shape index (κ3) is 4.77. The summed E-state index contributed by atoms with van der Waals surface area (Å²) in [6, 6.07) is 19.7. The van der Waals surface area contributed by atoms with Gasteiger partial charge in [-0.25, -0.2) is 13.4 Å². The van der Waals surface area contributed by atoms with Crippen LogP contribution in [0.1, 0.15) is 27.0 Å². The summed E-state index contributed by atoms with van der Waals surface area (Å²) in [5, 5.41) is 5.15. The van der Waals surface area contributed by atoms with Gasteiger partial charge in [0.25, 0.3) is 5.91 Å². The van der Waals surface area contributed by atoms with E-state index in [0.717, 1.165) is 28.1 Å². The molecular weight excluding hydrogens is 494 g/mol. The molecule has 1 amide bonds. The summed E-state index contributed by atoms with van der Waals surface area (Å²) in [5.41, 5.74) is 5.25. The van der Waals surface area contributed by atoms with Crippen LogP contribution in [0.5, 0.6) is 5.75 Å². The van der Waals surface area contributed by atoms with Gasteiger partial charge in [0, 0.05) is 29.6 Å². The minimum absolute atomic E-state index is 0.171. The van der Waals surface area contributed by atoms with Gasteiger partial charge < -0.3 is 4.74 Å². The molecule has 2 heterocycles. The molecule has 0 radical (unpaired) electrons. The van der Waals surface area contributed by atoms with Crippen molar-refractivity contribution in [2.24, 2.45) is 0 Å². The Morgan fingerprint density at radius 3 is 2.53 bits per heavy atom. The van der Waals surface area contributed by atoms with Crippen molar-refractivity contribution < 1.29 is 17.9 Å². The zero-order valence-electron chi connectivity index (χ0n) is 19.9. The minimum Gasteiger partial charge on any atom is -0.496 e. The van der Waals surface area contributed by atoms with E-state index in [1.165, 1.54) is 45.5 Å². The molecule has 0 aliphatic carbocycles. The second-order valence-corrected chi connectivity index (χ2v) is 11.4. The topological polar surface area (TPSA) is 88.6 Å². The van der Waals surface area contributed by atoms with Gasteiger partial charge in [0.2, 0.25) is 10.0 Å². The van der Waals surface area contributed by atoms with E-state index in [-0.39, 0.29) is 10.8 Å². The number of fused-ring (bicyclic) bond motifs is 1. The number of benzene rings is 3. The van der Waals surface area contributed by atoms with Gasteiger partial charge in [0.05, 0.1) is 17.7 Å². The fourth-order valence-corrected chi connectivity index (χ4v) is 6.41. The Labute approximate surface area is 214 Å². The summed E-state index contributed by atoms with van der Waals surface area (Å²) in [5.74, 6) is 0.454. The number of hydrogen-bond acceptors (Lipinski definition) is 6. The second-order valence-electron chi connectivity index (χ2n) is 8.56. The highest BCUT2D eigenvalue weighted by molar-refractivity contribution is 7.89. The highest BCUT2D eigenvalue weighted by Gasteiger charge is 2.28. The van der Waals surface area contributed by atoms with Crippen molar-refractivity contribution in [3.63, 3.8) is 0 Å². The SMILES string of the molecule is COc1ccc(-c2csc(NC(=O)c3ccc(S(=O)(=O)N4CCc5ccccc5C4)cc3)n2)cc1C. The van der Waals surface area contributed by atoms with E-state index in [2.05, 4.69) is 10.3 Å². The summed E-state index contributed by atoms with van der Waals surface area (Å²) >= 11 is 1.33. The number of aromatic nitrogens is 1. The fourth-order valence-electron chi connectivity index (χ4n) is 4.27. The molecule has 4 aromatic rings. The Morgan fingerprint density at radius 2 is 1.81 bits per heavy atom. The van der Waals surface area contributed by atoms with Crippen LogP contribution >= 0.6 is 11.3 Å². The highest BCUT2D eigenvalue weighted by Crippen LogP contribution is 2.29. The Bertz CT molecular complexity index is 1530. The number of nitrogens with one attached hydrogen (secondary N) is 1. The maximum Gasteiger partial charge on any atom is 0.257 e. The summed E-state index contributed by atoms with van der Waals surface area (Å²) in [4.78, 5) is 17.5. The maximum absolute atomic E-state index is 13.2. The molecule has 7 nitrogen and oxygen atoms in total. The lowest BCUT2D eigenvalue weighted by atomic mass is 10.0. The largest absolute Gasteiger partial charge is 0.496 e. The van der Waals surface area contributed by atoms with E-state index in [0.29, 0.717) is 30.2 Å². The number of carbonyl (C=O) groups excluding carboxylic acids is 1. The van der Waals surface area contributed by atoms with Gasteiger partial charge in [0.15, 0.2) is 5.13 Å². The van der Waals surface area contributed by atoms with Gasteiger partial charge in [-0.2, -0.15) is 4.31 Å². The van der Waals surface area contributed by atoms with E-state index in [1.807, 2.05) is 54.8 Å². The lowest BCUT2D eigenvalue weighted by Crippen LogP contribution is -2.35. The Kier molecular flexibility index (Phi) is 6.61. The van der Waals surface area contributed by atoms with Crippen molar-refractivity contribution in [3.05, 3.63) is 94.4 Å². The van der Waals surface area contributed by atoms with Crippen LogP contribution in [0, 0.1) is 6.92 Å². The van der Waals surface area contributed by atoms with Gasteiger partial charge in [-0.3, -0.25) is 10.1 Å². The van der Waals surface area contributed by atoms with Crippen LogP contribution in [-0.4, -0.2) is 37.3 Å². The van der Waals surface area contributed by atoms with E-state index in [4.69, 9.17) is 4.74 Å². The van der Waals surface area contributed by atoms with Crippen molar-refractivity contribution in [1.82, 2.24) is 9.29 Å². The molecule has 36 heavy (non-hydrogen) atoms. The van der Waals surface area contributed by atoms with Crippen LogP contribution in [0.15, 0.2) is 77.0 Å². The van der Waals surface area contributed by atoms with Crippen molar-refractivity contribution in [2.45, 2.75) is 24.8 Å². The molecule has 0 atom stereocenters. The first-order valence-electron chi connectivity index (χ1n) is 11.4. The van der Waals surface area contributed by atoms with Gasteiger partial charge >= 0.3 is 0 Å². The number of methoxy groups -OCH3 is 1. The number of aryl methyl sites for hydroxylation is 1. The average Bonchev–Trinajstić information content (AvgIpc) is 3.36. The predicted molar refractivity (Wildman–Crippen MR) is 141 cm³/mol. The van der Waals surface area contributed by atoms with E-state index in [1.54, 1.807) is 7.11 Å². The molecule has 0 saturated carbocycles. The Hall–Kier alpha value is -3.53. The monoisotopic (exact) mass is 519 g/mol. The van der Waals surface area contributed by atoms with Gasteiger partial charge in [-0.05, 0) is 72.5 Å². The normalized spacial score (nSPS) is 13.7. The lowest BCUT2D eigenvalue weighted by Gasteiger charge is -2.28. The Morgan fingerprint density at radius 1 is 1.06 bits per heavy atom. The number of carbonyl (C=O) groups is 1. The first-order valence-corrected chi connectivity index (χ1v) is 13.8. The van der Waals surface area contributed by atoms with Crippen LogP contribution in [-0.2, 0) is 23.0 Å². The number of amides is 1. The quantitative estimate of drug-likeness (QED) is 0.382. The first-order chi connectivity index (χ1) is 17.3. The standard InChI is InChI=1S/C27H25N3O4S2/c1-18-15-21(9-12-25(18)34-2)24-17-35-27(28-24)29-26(31)20-7-10-23(11-8-20)36(32,33)30-14-13-19-5-3-4-6-22(19)16-30/h3-12,15,17H,13-14,16H2,1-2H3,(H,28,29,31). The number of hydrogen-bond donors (Lipinski definition) is 1. The summed E-state index contributed by atoms with van der Waals surface area (Å²) in [7, 11) is -2.03. The molecule has 1 N–H and O–H groups in total. The number of rotatable bonds is 6. The van der Waals surface area contributed by atoms with Gasteiger partial charge in [0.1, 0.15) is 5.75 Å². The fraction of sp³-hybridized carbons (Fsp3) is 0.185. The highest BCUT2D eigenvalue weighted by atomic mass is 32.2. The summed E-state index contributed by atoms with van der Waals surface area (Å²) in [6.07, 6.45) is 0.682. The maximum atomic E-state index is 13.2. The minimum atomic E-state index is -3.66. The molecule has 3 aromatic carbocycles. The van der Waals surface area contributed by atoms with Crippen molar-refractivity contribution in [2.75, 3.05) is 19.0 Å². The van der Waals surface area contributed by atoms with Crippen LogP contribution in [0.2, 0.25) is 0 Å².